The van der Waals surface area contributed by atoms with Crippen molar-refractivity contribution in [2.24, 2.45) is 0 Å². The van der Waals surface area contributed by atoms with Crippen LogP contribution in [0.2, 0.25) is 0 Å². The lowest BCUT2D eigenvalue weighted by atomic mass is 9.99. The van der Waals surface area contributed by atoms with E-state index >= 15 is 0 Å². The number of diazo groups is 1. The van der Waals surface area contributed by atoms with Gasteiger partial charge in [-0.2, -0.15) is 0 Å². The summed E-state index contributed by atoms with van der Waals surface area (Å²) in [6.45, 7) is 1.98. The average molecular weight is 255 g/mol. The molecule has 96 valence electrons. The van der Waals surface area contributed by atoms with Gasteiger partial charge in [-0.3, -0.25) is 0 Å². The average Bonchev–Trinajstić information content (AvgIpc) is 2.47. The van der Waals surface area contributed by atoms with E-state index in [4.69, 9.17) is 10.1 Å². The van der Waals surface area contributed by atoms with Gasteiger partial charge in [-0.15, -0.1) is 0 Å². The summed E-state index contributed by atoms with van der Waals surface area (Å²) < 4.78 is 5.18. The highest BCUT2D eigenvalue weighted by molar-refractivity contribution is 5.71. The maximum absolute atomic E-state index is 9.30. The molecule has 0 atom stereocenters. The molecule has 2 aromatic rings. The van der Waals surface area contributed by atoms with Crippen LogP contribution >= 0.6 is 0 Å². The fourth-order valence-corrected chi connectivity index (χ4v) is 1.96. The number of aryl methyl sites for hydroxylation is 1. The number of nitrogens with zero attached hydrogens (tertiary/aromatic N) is 2. The van der Waals surface area contributed by atoms with Crippen LogP contribution in [-0.2, 0) is 6.61 Å². The van der Waals surface area contributed by atoms with Crippen molar-refractivity contribution in [1.82, 2.24) is 0 Å². The molecule has 4 nitrogen and oxygen atoms in total. The topological polar surface area (TPSA) is 57.6 Å². The molecule has 1 N–H and O–H groups in total. The number of hydrogen-bond donors (Lipinski definition) is 1. The van der Waals surface area contributed by atoms with Crippen molar-refractivity contribution in [3.05, 3.63) is 52.5 Å². The van der Waals surface area contributed by atoms with Crippen LogP contribution in [0.5, 0.6) is 5.75 Å². The summed E-state index contributed by atoms with van der Waals surface area (Å²) in [7, 11) is 1.53. The highest BCUT2D eigenvalue weighted by Crippen LogP contribution is 2.33. The highest BCUT2D eigenvalue weighted by Gasteiger charge is 2.15. The van der Waals surface area contributed by atoms with Gasteiger partial charge in [0.25, 0.3) is 0 Å². The molecule has 0 heterocycles. The second-order valence-electron chi connectivity index (χ2n) is 4.29. The van der Waals surface area contributed by atoms with E-state index < -0.39 is 0 Å². The Morgan fingerprint density at radius 3 is 2.47 bits per heavy atom. The number of aliphatic hydroxyl groups excluding tert-OH is 1. The third-order valence-electron chi connectivity index (χ3n) is 3.14. The van der Waals surface area contributed by atoms with Gasteiger partial charge in [0.05, 0.1) is 13.7 Å². The van der Waals surface area contributed by atoms with Gasteiger partial charge in [0.1, 0.15) is 0 Å². The molecule has 0 fully saturated rings. The van der Waals surface area contributed by atoms with E-state index in [1.807, 2.05) is 31.2 Å². The molecular formula is C15H15N2O2+. The van der Waals surface area contributed by atoms with Gasteiger partial charge in [-0.25, -0.2) is 0 Å². The summed E-state index contributed by atoms with van der Waals surface area (Å²) >= 11 is 0. The van der Waals surface area contributed by atoms with Gasteiger partial charge in [0.15, 0.2) is 4.98 Å². The molecule has 2 aromatic carbocycles. The van der Waals surface area contributed by atoms with Crippen molar-refractivity contribution in [2.45, 2.75) is 13.5 Å². The molecule has 0 spiro atoms. The molecule has 2 rings (SSSR count). The molecule has 19 heavy (non-hydrogen) atoms. The van der Waals surface area contributed by atoms with Gasteiger partial charge < -0.3 is 9.84 Å². The van der Waals surface area contributed by atoms with Crippen LogP contribution in [0, 0.1) is 12.3 Å². The van der Waals surface area contributed by atoms with Crippen LogP contribution in [0.1, 0.15) is 11.1 Å². The Kier molecular flexibility index (Phi) is 3.79. The summed E-state index contributed by atoms with van der Waals surface area (Å²) in [6.07, 6.45) is 0. The smallest absolute Gasteiger partial charge is 0.426 e. The van der Waals surface area contributed by atoms with Crippen molar-refractivity contribution in [1.29, 1.82) is 5.39 Å². The largest absolute Gasteiger partial charge is 0.489 e. The van der Waals surface area contributed by atoms with Gasteiger partial charge in [0.2, 0.25) is 11.1 Å². The fraction of sp³-hybridized carbons (Fsp3) is 0.200. The number of methoxy groups -OCH3 is 1. The molecule has 0 bridgehead atoms. The molecular weight excluding hydrogens is 240 g/mol. The predicted molar refractivity (Wildman–Crippen MR) is 73.8 cm³/mol. The lowest BCUT2D eigenvalue weighted by Crippen LogP contribution is -1.90. The van der Waals surface area contributed by atoms with Crippen molar-refractivity contribution >= 4 is 5.69 Å². The van der Waals surface area contributed by atoms with Crippen molar-refractivity contribution < 1.29 is 9.84 Å². The SMILES string of the molecule is COc1cc(-c2ccc(C)c(CO)c2)ccc1[N+]#N. The predicted octanol–water partition coefficient (Wildman–Crippen LogP) is 3.65. The zero-order chi connectivity index (χ0) is 13.8. The highest BCUT2D eigenvalue weighted by atomic mass is 16.5. The summed E-state index contributed by atoms with van der Waals surface area (Å²) in [5, 5.41) is 18.1. The Hall–Kier alpha value is -2.38. The number of aliphatic hydroxyl groups is 1. The van der Waals surface area contributed by atoms with Crippen LogP contribution in [0.3, 0.4) is 0 Å². The van der Waals surface area contributed by atoms with Crippen LogP contribution in [0.15, 0.2) is 36.4 Å². The van der Waals surface area contributed by atoms with Crippen LogP contribution < -0.4 is 4.74 Å². The van der Waals surface area contributed by atoms with Crippen molar-refractivity contribution in [3.8, 4) is 16.9 Å². The lowest BCUT2D eigenvalue weighted by Gasteiger charge is -2.07. The first-order chi connectivity index (χ1) is 9.19. The van der Waals surface area contributed by atoms with Crippen LogP contribution in [0.25, 0.3) is 16.1 Å². The van der Waals surface area contributed by atoms with Gasteiger partial charge in [-0.05, 0) is 47.4 Å². The molecule has 0 aliphatic carbocycles. The zero-order valence-electron chi connectivity index (χ0n) is 10.9. The third-order valence-corrected chi connectivity index (χ3v) is 3.14. The molecule has 0 amide bonds. The number of ether oxygens (including phenoxy) is 1. The Bertz CT molecular complexity index is 645. The number of benzene rings is 2. The van der Waals surface area contributed by atoms with Gasteiger partial charge in [-0.1, -0.05) is 12.1 Å². The zero-order valence-corrected chi connectivity index (χ0v) is 10.9. The lowest BCUT2D eigenvalue weighted by molar-refractivity contribution is 0.281. The maximum atomic E-state index is 9.30. The summed E-state index contributed by atoms with van der Waals surface area (Å²) in [4.78, 5) is 3.16. The Labute approximate surface area is 111 Å². The summed E-state index contributed by atoms with van der Waals surface area (Å²) in [5.41, 5.74) is 4.27. The minimum Gasteiger partial charge on any atom is -0.489 e. The van der Waals surface area contributed by atoms with Gasteiger partial charge >= 0.3 is 5.69 Å². The third kappa shape index (κ3) is 2.56. The molecule has 0 saturated carbocycles. The normalized spacial score (nSPS) is 10.0. The second kappa shape index (κ2) is 5.51. The maximum Gasteiger partial charge on any atom is 0.426 e. The summed E-state index contributed by atoms with van der Waals surface area (Å²) in [5.74, 6) is 0.506. The van der Waals surface area contributed by atoms with Crippen LogP contribution in [0.4, 0.5) is 5.69 Å². The Morgan fingerprint density at radius 1 is 1.16 bits per heavy atom. The van der Waals surface area contributed by atoms with E-state index in [9.17, 15) is 5.11 Å². The van der Waals surface area contributed by atoms with E-state index in [-0.39, 0.29) is 6.61 Å². The molecule has 0 unspecified atom stereocenters. The fourth-order valence-electron chi connectivity index (χ4n) is 1.96. The van der Waals surface area contributed by atoms with E-state index in [1.165, 1.54) is 7.11 Å². The number of rotatable bonds is 3. The van der Waals surface area contributed by atoms with Gasteiger partial charge in [0, 0.05) is 6.07 Å². The monoisotopic (exact) mass is 255 g/mol. The van der Waals surface area contributed by atoms with Crippen molar-refractivity contribution in [3.63, 3.8) is 0 Å². The van der Waals surface area contributed by atoms with Crippen LogP contribution in [-0.4, -0.2) is 12.2 Å². The minimum atomic E-state index is 0.0147. The Balaban J connectivity index is 2.50. The first kappa shape index (κ1) is 13.1. The first-order valence-corrected chi connectivity index (χ1v) is 5.93. The van der Waals surface area contributed by atoms with E-state index in [0.717, 1.165) is 22.3 Å². The molecule has 4 heteroatoms. The van der Waals surface area contributed by atoms with E-state index in [1.54, 1.807) is 12.1 Å². The number of hydrogen-bond acceptors (Lipinski definition) is 3. The standard InChI is InChI=1S/C15H15N2O2/c1-10-3-4-11(7-13(10)9-18)12-5-6-14(17-16)15(8-12)19-2/h3-8,18H,9H2,1-2H3/q+1. The first-order valence-electron chi connectivity index (χ1n) is 5.93. The molecule has 0 radical (unpaired) electrons. The molecule has 0 aliphatic rings. The quantitative estimate of drug-likeness (QED) is 0.852. The molecule has 0 saturated heterocycles. The molecule has 0 aromatic heterocycles. The second-order valence-corrected chi connectivity index (χ2v) is 4.29. The summed E-state index contributed by atoms with van der Waals surface area (Å²) in [6, 6.07) is 11.2. The molecule has 0 aliphatic heterocycles. The van der Waals surface area contributed by atoms with E-state index in [2.05, 4.69) is 4.98 Å². The Morgan fingerprint density at radius 2 is 1.84 bits per heavy atom. The minimum absolute atomic E-state index is 0.0147. The van der Waals surface area contributed by atoms with E-state index in [0.29, 0.717) is 11.4 Å². The van der Waals surface area contributed by atoms with Crippen molar-refractivity contribution in [2.75, 3.05) is 7.11 Å².